The fourth-order valence-electron chi connectivity index (χ4n) is 5.13. The maximum atomic E-state index is 13.4. The molecule has 38 heavy (non-hydrogen) atoms. The van der Waals surface area contributed by atoms with Gasteiger partial charge in [-0.1, -0.05) is 35.9 Å². The second-order valence-electron chi connectivity index (χ2n) is 9.99. The summed E-state index contributed by atoms with van der Waals surface area (Å²) in [5.74, 6) is -2.25. The summed E-state index contributed by atoms with van der Waals surface area (Å²) in [4.78, 5) is 30.1. The van der Waals surface area contributed by atoms with E-state index >= 15 is 0 Å². The number of hydrogen-bond donors (Lipinski definition) is 2. The molecule has 4 rings (SSSR count). The summed E-state index contributed by atoms with van der Waals surface area (Å²) in [5, 5.41) is 4.42. The van der Waals surface area contributed by atoms with Crippen molar-refractivity contribution in [3.63, 3.8) is 0 Å². The quantitative estimate of drug-likeness (QED) is 0.328. The maximum absolute atomic E-state index is 13.4. The number of benzene rings is 2. The number of likely N-dealkylation sites (tertiary alicyclic amines) is 1. The number of carbonyl (C=O) groups is 2. The van der Waals surface area contributed by atoms with Crippen LogP contribution in [0.5, 0.6) is 0 Å². The Bertz CT molecular complexity index is 1300. The molecule has 3 aromatic rings. The first-order chi connectivity index (χ1) is 18.0. The van der Waals surface area contributed by atoms with E-state index in [4.69, 9.17) is 16.3 Å². The van der Waals surface area contributed by atoms with Gasteiger partial charge in [-0.15, -0.1) is 0 Å². The van der Waals surface area contributed by atoms with Crippen LogP contribution < -0.4 is 5.32 Å². The van der Waals surface area contributed by atoms with Crippen LogP contribution in [0.4, 0.5) is 13.2 Å². The molecule has 1 fully saturated rings. The standard InChI is InChI=1S/C28H31ClF3N3O3/c1-16(33-15-24(38-27(37)28(30,31)32)19-6-4-7-21(29)13-19)12-20-14-34-25-22(20)8-5-9-23(25)26(36)35-17(2)10-11-18(35)3/h4-9,13-14,16-18,24,33-34H,10-12,15H2,1-3H3/t16-,17?,18?,24+/m1/s1. The Labute approximate surface area is 224 Å². The number of alkyl halides is 3. The molecule has 0 radical (unpaired) electrons. The van der Waals surface area contributed by atoms with E-state index in [2.05, 4.69) is 24.1 Å². The third-order valence-corrected chi connectivity index (χ3v) is 7.33. The van der Waals surface area contributed by atoms with Gasteiger partial charge in [0.15, 0.2) is 0 Å². The first kappa shape index (κ1) is 28.0. The number of aromatic amines is 1. The van der Waals surface area contributed by atoms with Crippen LogP contribution in [0.15, 0.2) is 48.7 Å². The lowest BCUT2D eigenvalue weighted by molar-refractivity contribution is -0.205. The van der Waals surface area contributed by atoms with E-state index in [-0.39, 0.29) is 30.6 Å². The topological polar surface area (TPSA) is 74.4 Å². The summed E-state index contributed by atoms with van der Waals surface area (Å²) in [6, 6.07) is 12.0. The number of esters is 1. The normalized spacial score (nSPS) is 19.5. The van der Waals surface area contributed by atoms with Crippen molar-refractivity contribution in [2.75, 3.05) is 6.54 Å². The Balaban J connectivity index is 1.48. The second kappa shape index (κ2) is 11.4. The van der Waals surface area contributed by atoms with Crippen LogP contribution in [-0.2, 0) is 16.0 Å². The summed E-state index contributed by atoms with van der Waals surface area (Å²) < 4.78 is 43.4. The molecule has 2 heterocycles. The smallest absolute Gasteiger partial charge is 0.449 e. The molecule has 1 aromatic heterocycles. The van der Waals surface area contributed by atoms with Crippen molar-refractivity contribution >= 4 is 34.4 Å². The number of aromatic nitrogens is 1. The van der Waals surface area contributed by atoms with E-state index in [1.165, 1.54) is 6.07 Å². The number of fused-ring (bicyclic) bond motifs is 1. The molecule has 0 spiro atoms. The van der Waals surface area contributed by atoms with Gasteiger partial charge >= 0.3 is 12.1 Å². The van der Waals surface area contributed by atoms with Gasteiger partial charge in [0.2, 0.25) is 0 Å². The third-order valence-electron chi connectivity index (χ3n) is 7.10. The van der Waals surface area contributed by atoms with Crippen LogP contribution in [-0.4, -0.2) is 52.6 Å². The average molecular weight is 550 g/mol. The summed E-state index contributed by atoms with van der Waals surface area (Å²) in [5.41, 5.74) is 2.70. The Hall–Kier alpha value is -3.04. The van der Waals surface area contributed by atoms with Crippen molar-refractivity contribution < 1.29 is 27.5 Å². The molecular formula is C28H31ClF3N3O3. The minimum atomic E-state index is -5.10. The number of nitrogens with zero attached hydrogens (tertiary/aromatic N) is 1. The second-order valence-corrected chi connectivity index (χ2v) is 10.4. The summed E-state index contributed by atoms with van der Waals surface area (Å²) in [6.45, 7) is 5.98. The summed E-state index contributed by atoms with van der Waals surface area (Å²) in [6.07, 6.45) is -1.93. The molecule has 2 unspecified atom stereocenters. The van der Waals surface area contributed by atoms with E-state index in [0.717, 1.165) is 29.3 Å². The number of amides is 1. The number of halogens is 4. The highest BCUT2D eigenvalue weighted by molar-refractivity contribution is 6.30. The molecule has 1 aliphatic heterocycles. The van der Waals surface area contributed by atoms with Gasteiger partial charge in [0.05, 0.1) is 11.1 Å². The minimum Gasteiger partial charge on any atom is -0.449 e. The molecule has 1 amide bonds. The van der Waals surface area contributed by atoms with E-state index in [9.17, 15) is 22.8 Å². The third kappa shape index (κ3) is 6.15. The lowest BCUT2D eigenvalue weighted by atomic mass is 10.0. The Morgan fingerprint density at radius 3 is 2.50 bits per heavy atom. The molecule has 2 aromatic carbocycles. The maximum Gasteiger partial charge on any atom is 0.490 e. The summed E-state index contributed by atoms with van der Waals surface area (Å²) in [7, 11) is 0. The van der Waals surface area contributed by atoms with Crippen LogP contribution >= 0.6 is 11.6 Å². The number of rotatable bonds is 8. The van der Waals surface area contributed by atoms with Gasteiger partial charge in [0.25, 0.3) is 5.91 Å². The number of ether oxygens (including phenoxy) is 1. The Morgan fingerprint density at radius 2 is 1.84 bits per heavy atom. The summed E-state index contributed by atoms with van der Waals surface area (Å²) >= 11 is 6.01. The van der Waals surface area contributed by atoms with E-state index < -0.39 is 18.2 Å². The monoisotopic (exact) mass is 549 g/mol. The zero-order valence-electron chi connectivity index (χ0n) is 21.4. The number of H-pyrrole nitrogens is 1. The SMILES string of the molecule is CC1CCC(C)N1C(=O)c1cccc2c(C[C@@H](C)NC[C@H](OC(=O)C(F)(F)F)c3cccc(Cl)c3)c[nH]c12. The fourth-order valence-corrected chi connectivity index (χ4v) is 5.33. The average Bonchev–Trinajstić information content (AvgIpc) is 3.42. The van der Waals surface area contributed by atoms with Crippen LogP contribution in [0.1, 0.15) is 61.2 Å². The first-order valence-corrected chi connectivity index (χ1v) is 13.0. The van der Waals surface area contributed by atoms with E-state index in [1.807, 2.05) is 36.2 Å². The molecule has 1 aliphatic rings. The van der Waals surface area contributed by atoms with Gasteiger partial charge in [0.1, 0.15) is 6.10 Å². The minimum absolute atomic E-state index is 0.00326. The molecule has 4 atom stereocenters. The van der Waals surface area contributed by atoms with Crippen molar-refractivity contribution in [3.8, 4) is 0 Å². The van der Waals surface area contributed by atoms with Gasteiger partial charge in [-0.05, 0) is 69.4 Å². The number of nitrogens with one attached hydrogen (secondary N) is 2. The van der Waals surface area contributed by atoms with Gasteiger partial charge < -0.3 is 19.9 Å². The molecule has 204 valence electrons. The molecular weight excluding hydrogens is 519 g/mol. The van der Waals surface area contributed by atoms with Crippen molar-refractivity contribution in [1.82, 2.24) is 15.2 Å². The predicted molar refractivity (Wildman–Crippen MR) is 140 cm³/mol. The van der Waals surface area contributed by atoms with E-state index in [1.54, 1.807) is 18.2 Å². The molecule has 6 nitrogen and oxygen atoms in total. The molecule has 0 saturated carbocycles. The predicted octanol–water partition coefficient (Wildman–Crippen LogP) is 6.20. The van der Waals surface area contributed by atoms with E-state index in [0.29, 0.717) is 22.6 Å². The molecule has 10 heteroatoms. The van der Waals surface area contributed by atoms with Gasteiger partial charge in [-0.2, -0.15) is 13.2 Å². The number of carbonyl (C=O) groups excluding carboxylic acids is 2. The lowest BCUT2D eigenvalue weighted by Crippen LogP contribution is -2.38. The zero-order valence-corrected chi connectivity index (χ0v) is 22.2. The Kier molecular flexibility index (Phi) is 8.37. The zero-order chi connectivity index (χ0) is 27.6. The molecule has 2 N–H and O–H groups in total. The van der Waals surface area contributed by atoms with Gasteiger partial charge in [-0.25, -0.2) is 4.79 Å². The first-order valence-electron chi connectivity index (χ1n) is 12.6. The van der Waals surface area contributed by atoms with Crippen LogP contribution in [0.25, 0.3) is 10.9 Å². The van der Waals surface area contributed by atoms with Crippen molar-refractivity contribution in [2.24, 2.45) is 0 Å². The highest BCUT2D eigenvalue weighted by Gasteiger charge is 2.42. The van der Waals surface area contributed by atoms with Crippen molar-refractivity contribution in [3.05, 3.63) is 70.4 Å². The number of para-hydroxylation sites is 1. The van der Waals surface area contributed by atoms with Crippen molar-refractivity contribution in [1.29, 1.82) is 0 Å². The van der Waals surface area contributed by atoms with Crippen molar-refractivity contribution in [2.45, 2.75) is 70.4 Å². The van der Waals surface area contributed by atoms with Crippen LogP contribution in [0.2, 0.25) is 5.02 Å². The lowest BCUT2D eigenvalue weighted by Gasteiger charge is -2.26. The van der Waals surface area contributed by atoms with Gasteiger partial charge in [0, 0.05) is 41.3 Å². The van der Waals surface area contributed by atoms with Crippen LogP contribution in [0.3, 0.4) is 0 Å². The van der Waals surface area contributed by atoms with Gasteiger partial charge in [-0.3, -0.25) is 4.79 Å². The molecule has 0 bridgehead atoms. The molecule has 0 aliphatic carbocycles. The van der Waals surface area contributed by atoms with Crippen LogP contribution in [0, 0.1) is 0 Å². The Morgan fingerprint density at radius 1 is 1.16 bits per heavy atom. The number of hydrogen-bond acceptors (Lipinski definition) is 4. The fraction of sp³-hybridized carbons (Fsp3) is 0.429. The molecule has 1 saturated heterocycles. The largest absolute Gasteiger partial charge is 0.490 e. The highest BCUT2D eigenvalue weighted by atomic mass is 35.5. The highest BCUT2D eigenvalue weighted by Crippen LogP contribution is 2.30.